The molecule has 0 aromatic heterocycles. The lowest BCUT2D eigenvalue weighted by Gasteiger charge is -2.26. The number of nitrogens with two attached hydrogens (primary N) is 1. The first-order chi connectivity index (χ1) is 9.74. The quantitative estimate of drug-likeness (QED) is 0.873. The van der Waals surface area contributed by atoms with E-state index >= 15 is 0 Å². The van der Waals surface area contributed by atoms with Gasteiger partial charge in [-0.05, 0) is 24.6 Å². The standard InChI is InChI=1S/C16H16ClNO2/c17-14-6-5-12(18)9-16(14)20-10-11-7-8-19-15-4-2-1-3-13(11)15/h1-6,9,11H,7-8,10,18H2. The Labute approximate surface area is 123 Å². The van der Waals surface area contributed by atoms with Crippen molar-refractivity contribution in [1.82, 2.24) is 0 Å². The molecule has 2 N–H and O–H groups in total. The van der Waals surface area contributed by atoms with Gasteiger partial charge in [-0.15, -0.1) is 0 Å². The van der Waals surface area contributed by atoms with Crippen LogP contribution in [0.5, 0.6) is 11.5 Å². The topological polar surface area (TPSA) is 44.5 Å². The van der Waals surface area contributed by atoms with Crippen LogP contribution in [0, 0.1) is 0 Å². The highest BCUT2D eigenvalue weighted by atomic mass is 35.5. The van der Waals surface area contributed by atoms with E-state index in [1.54, 1.807) is 18.2 Å². The molecule has 1 unspecified atom stereocenters. The van der Waals surface area contributed by atoms with Crippen LogP contribution in [0.15, 0.2) is 42.5 Å². The summed E-state index contributed by atoms with van der Waals surface area (Å²) in [5.74, 6) is 1.90. The Morgan fingerprint density at radius 1 is 1.25 bits per heavy atom. The third-order valence-electron chi connectivity index (χ3n) is 3.48. The Morgan fingerprint density at radius 2 is 2.10 bits per heavy atom. The maximum atomic E-state index is 6.11. The molecule has 2 aromatic rings. The van der Waals surface area contributed by atoms with Gasteiger partial charge in [-0.25, -0.2) is 0 Å². The molecule has 0 saturated heterocycles. The van der Waals surface area contributed by atoms with Crippen LogP contribution in [0.4, 0.5) is 5.69 Å². The minimum absolute atomic E-state index is 0.317. The lowest BCUT2D eigenvalue weighted by atomic mass is 9.94. The SMILES string of the molecule is Nc1ccc(Cl)c(OCC2CCOc3ccccc32)c1. The lowest BCUT2D eigenvalue weighted by molar-refractivity contribution is 0.217. The van der Waals surface area contributed by atoms with Crippen molar-refractivity contribution in [2.75, 3.05) is 18.9 Å². The Morgan fingerprint density at radius 3 is 3.00 bits per heavy atom. The first-order valence-electron chi connectivity index (χ1n) is 6.63. The molecule has 0 radical (unpaired) electrons. The van der Waals surface area contributed by atoms with Crippen LogP contribution in [-0.2, 0) is 0 Å². The first kappa shape index (κ1) is 13.1. The van der Waals surface area contributed by atoms with Crippen molar-refractivity contribution in [2.24, 2.45) is 0 Å². The molecular formula is C16H16ClNO2. The van der Waals surface area contributed by atoms with Crippen LogP contribution < -0.4 is 15.2 Å². The lowest BCUT2D eigenvalue weighted by Crippen LogP contribution is -2.19. The molecule has 20 heavy (non-hydrogen) atoms. The molecule has 1 aliphatic heterocycles. The second-order valence-corrected chi connectivity index (χ2v) is 5.28. The summed E-state index contributed by atoms with van der Waals surface area (Å²) in [7, 11) is 0. The maximum absolute atomic E-state index is 6.11. The zero-order valence-corrected chi connectivity index (χ0v) is 11.8. The predicted octanol–water partition coefficient (Wildman–Crippen LogP) is 3.87. The summed E-state index contributed by atoms with van der Waals surface area (Å²) in [6.45, 7) is 1.29. The molecule has 0 aliphatic carbocycles. The molecule has 104 valence electrons. The fourth-order valence-corrected chi connectivity index (χ4v) is 2.58. The van der Waals surface area contributed by atoms with E-state index < -0.39 is 0 Å². The van der Waals surface area contributed by atoms with Gasteiger partial charge in [0.05, 0.1) is 18.2 Å². The van der Waals surface area contributed by atoms with E-state index in [4.69, 9.17) is 26.8 Å². The number of para-hydroxylation sites is 1. The van der Waals surface area contributed by atoms with Gasteiger partial charge in [0, 0.05) is 23.2 Å². The van der Waals surface area contributed by atoms with Crippen LogP contribution in [0.1, 0.15) is 17.9 Å². The van der Waals surface area contributed by atoms with Crippen LogP contribution in [-0.4, -0.2) is 13.2 Å². The highest BCUT2D eigenvalue weighted by Gasteiger charge is 2.21. The highest BCUT2D eigenvalue weighted by Crippen LogP contribution is 2.35. The van der Waals surface area contributed by atoms with Gasteiger partial charge in [0.2, 0.25) is 0 Å². The average molecular weight is 290 g/mol. The number of halogens is 1. The van der Waals surface area contributed by atoms with Gasteiger partial charge in [0.1, 0.15) is 11.5 Å². The predicted molar refractivity (Wildman–Crippen MR) is 80.7 cm³/mol. The van der Waals surface area contributed by atoms with Gasteiger partial charge >= 0.3 is 0 Å². The summed E-state index contributed by atoms with van der Waals surface area (Å²) in [5, 5.41) is 0.583. The summed E-state index contributed by atoms with van der Waals surface area (Å²) < 4.78 is 11.5. The van der Waals surface area contributed by atoms with E-state index in [1.165, 1.54) is 5.56 Å². The van der Waals surface area contributed by atoms with Gasteiger partial charge in [-0.1, -0.05) is 29.8 Å². The molecule has 0 saturated carbocycles. The Bertz CT molecular complexity index is 615. The molecular weight excluding hydrogens is 274 g/mol. The monoisotopic (exact) mass is 289 g/mol. The van der Waals surface area contributed by atoms with Crippen LogP contribution in [0.3, 0.4) is 0 Å². The summed E-state index contributed by atoms with van der Waals surface area (Å²) in [5.41, 5.74) is 7.60. The number of hydrogen-bond acceptors (Lipinski definition) is 3. The molecule has 3 rings (SSSR count). The number of anilines is 1. The minimum atomic E-state index is 0.317. The molecule has 0 amide bonds. The Hall–Kier alpha value is -1.87. The van der Waals surface area contributed by atoms with Crippen molar-refractivity contribution < 1.29 is 9.47 Å². The number of nitrogen functional groups attached to an aromatic ring is 1. The van der Waals surface area contributed by atoms with E-state index in [-0.39, 0.29) is 0 Å². The molecule has 1 aliphatic rings. The third kappa shape index (κ3) is 2.68. The van der Waals surface area contributed by atoms with Crippen LogP contribution in [0.2, 0.25) is 5.02 Å². The normalized spacial score (nSPS) is 17.1. The smallest absolute Gasteiger partial charge is 0.139 e. The van der Waals surface area contributed by atoms with Crippen LogP contribution in [0.25, 0.3) is 0 Å². The van der Waals surface area contributed by atoms with Crippen molar-refractivity contribution >= 4 is 17.3 Å². The number of hydrogen-bond donors (Lipinski definition) is 1. The molecule has 4 heteroatoms. The molecule has 1 heterocycles. The Kier molecular flexibility index (Phi) is 3.70. The summed E-state index contributed by atoms with van der Waals surface area (Å²) in [6.07, 6.45) is 0.941. The average Bonchev–Trinajstić information content (AvgIpc) is 2.48. The van der Waals surface area contributed by atoms with E-state index in [2.05, 4.69) is 6.07 Å². The van der Waals surface area contributed by atoms with E-state index in [9.17, 15) is 0 Å². The highest BCUT2D eigenvalue weighted by molar-refractivity contribution is 6.32. The number of ether oxygens (including phenoxy) is 2. The van der Waals surface area contributed by atoms with Crippen molar-refractivity contribution in [3.8, 4) is 11.5 Å². The van der Waals surface area contributed by atoms with Gasteiger partial charge in [0.15, 0.2) is 0 Å². The number of rotatable bonds is 3. The van der Waals surface area contributed by atoms with E-state index in [1.807, 2.05) is 18.2 Å². The fourth-order valence-electron chi connectivity index (χ4n) is 2.41. The summed E-state index contributed by atoms with van der Waals surface area (Å²) >= 11 is 6.11. The molecule has 0 fully saturated rings. The second kappa shape index (κ2) is 5.63. The van der Waals surface area contributed by atoms with Gasteiger partial charge in [-0.3, -0.25) is 0 Å². The van der Waals surface area contributed by atoms with Crippen molar-refractivity contribution in [1.29, 1.82) is 0 Å². The summed E-state index contributed by atoms with van der Waals surface area (Å²) in [6, 6.07) is 13.4. The number of benzene rings is 2. The molecule has 1 atom stereocenters. The number of fused-ring (bicyclic) bond motifs is 1. The molecule has 0 bridgehead atoms. The van der Waals surface area contributed by atoms with Gasteiger partial charge in [0.25, 0.3) is 0 Å². The van der Waals surface area contributed by atoms with Crippen molar-refractivity contribution in [2.45, 2.75) is 12.3 Å². The van der Waals surface area contributed by atoms with Crippen molar-refractivity contribution in [3.05, 3.63) is 53.1 Å². The molecule has 0 spiro atoms. The Balaban J connectivity index is 1.75. The maximum Gasteiger partial charge on any atom is 0.139 e. The largest absolute Gasteiger partial charge is 0.493 e. The van der Waals surface area contributed by atoms with Gasteiger partial charge < -0.3 is 15.2 Å². The zero-order valence-electron chi connectivity index (χ0n) is 11.0. The van der Waals surface area contributed by atoms with Gasteiger partial charge in [-0.2, -0.15) is 0 Å². The third-order valence-corrected chi connectivity index (χ3v) is 3.79. The van der Waals surface area contributed by atoms with Crippen LogP contribution >= 0.6 is 11.6 Å². The minimum Gasteiger partial charge on any atom is -0.493 e. The van der Waals surface area contributed by atoms with E-state index in [0.29, 0.717) is 29.0 Å². The fraction of sp³-hybridized carbons (Fsp3) is 0.250. The summed E-state index contributed by atoms with van der Waals surface area (Å²) in [4.78, 5) is 0. The van der Waals surface area contributed by atoms with Crippen molar-refractivity contribution in [3.63, 3.8) is 0 Å². The van der Waals surface area contributed by atoms with E-state index in [0.717, 1.165) is 18.8 Å². The zero-order chi connectivity index (χ0) is 13.9. The molecule has 2 aromatic carbocycles. The molecule has 3 nitrogen and oxygen atoms in total. The second-order valence-electron chi connectivity index (χ2n) is 4.87. The first-order valence-corrected chi connectivity index (χ1v) is 7.01.